The number of hydrogen-bond donors (Lipinski definition) is 1. The fraction of sp³-hybridized carbons (Fsp3) is 0.588. The topological polar surface area (TPSA) is 44.8 Å². The molecule has 0 unspecified atom stereocenters. The molecule has 0 radical (unpaired) electrons. The van der Waals surface area contributed by atoms with Gasteiger partial charge in [0.05, 0.1) is 12.1 Å². The summed E-state index contributed by atoms with van der Waals surface area (Å²) in [5, 5.41) is 2.83. The number of carbonyl (C=O) groups excluding carboxylic acids is 1. The summed E-state index contributed by atoms with van der Waals surface area (Å²) in [6.45, 7) is 3.97. The Labute approximate surface area is 145 Å². The molecule has 1 aliphatic rings. The number of piperazine rings is 1. The highest BCUT2D eigenvalue weighted by Crippen LogP contribution is 2.31. The summed E-state index contributed by atoms with van der Waals surface area (Å²) in [5.74, 6) is -0.0383. The first-order valence-electron chi connectivity index (χ1n) is 8.30. The monoisotopic (exact) mass is 359 g/mol. The Morgan fingerprint density at radius 1 is 1.24 bits per heavy atom. The minimum Gasteiger partial charge on any atom is -0.385 e. The van der Waals surface area contributed by atoms with E-state index in [0.717, 1.165) is 12.5 Å². The number of rotatable bonds is 7. The van der Waals surface area contributed by atoms with Gasteiger partial charge in [-0.05, 0) is 24.6 Å². The van der Waals surface area contributed by atoms with E-state index in [1.165, 1.54) is 12.1 Å². The standard InChI is InChI=1S/C17H24F3N3O2/c1-25-11-3-6-21-16(24)13-22-7-9-23(10-8-22)15-5-2-4-14(12-15)17(18,19)20/h2,4-5,12H,3,6-11,13H2,1H3,(H,21,24). The van der Waals surface area contributed by atoms with E-state index in [-0.39, 0.29) is 5.91 Å². The fourth-order valence-electron chi connectivity index (χ4n) is 2.75. The van der Waals surface area contributed by atoms with Crippen LogP contribution >= 0.6 is 0 Å². The van der Waals surface area contributed by atoms with E-state index in [1.807, 2.05) is 9.80 Å². The van der Waals surface area contributed by atoms with Gasteiger partial charge in [0.1, 0.15) is 0 Å². The summed E-state index contributed by atoms with van der Waals surface area (Å²) < 4.78 is 43.4. The van der Waals surface area contributed by atoms with E-state index in [9.17, 15) is 18.0 Å². The van der Waals surface area contributed by atoms with Gasteiger partial charge in [0.25, 0.3) is 0 Å². The van der Waals surface area contributed by atoms with Crippen LogP contribution in [0.4, 0.5) is 18.9 Å². The number of nitrogens with zero attached hydrogens (tertiary/aromatic N) is 2. The van der Waals surface area contributed by atoms with Gasteiger partial charge in [-0.25, -0.2) is 0 Å². The lowest BCUT2D eigenvalue weighted by Crippen LogP contribution is -2.49. The maximum absolute atomic E-state index is 12.8. The van der Waals surface area contributed by atoms with Crippen LogP contribution in [0.2, 0.25) is 0 Å². The average Bonchev–Trinajstić information content (AvgIpc) is 2.59. The molecule has 0 aliphatic carbocycles. The third kappa shape index (κ3) is 6.21. The molecule has 1 aliphatic heterocycles. The van der Waals surface area contributed by atoms with Gasteiger partial charge < -0.3 is 15.0 Å². The Kier molecular flexibility index (Phi) is 7.07. The highest BCUT2D eigenvalue weighted by atomic mass is 19.4. The molecular weight excluding hydrogens is 335 g/mol. The molecule has 0 bridgehead atoms. The Bertz CT molecular complexity index is 558. The summed E-state index contributed by atoms with van der Waals surface area (Å²) >= 11 is 0. The minimum absolute atomic E-state index is 0.0383. The van der Waals surface area contributed by atoms with Crippen LogP contribution in [0.5, 0.6) is 0 Å². The summed E-state index contributed by atoms with van der Waals surface area (Å²) in [6, 6.07) is 5.37. The van der Waals surface area contributed by atoms with Crippen molar-refractivity contribution in [2.75, 3.05) is 57.9 Å². The number of carbonyl (C=O) groups is 1. The minimum atomic E-state index is -4.33. The average molecular weight is 359 g/mol. The zero-order valence-corrected chi connectivity index (χ0v) is 14.3. The number of hydrogen-bond acceptors (Lipinski definition) is 4. The van der Waals surface area contributed by atoms with Gasteiger partial charge in [0.2, 0.25) is 5.91 Å². The normalized spacial score (nSPS) is 16.1. The van der Waals surface area contributed by atoms with E-state index in [4.69, 9.17) is 4.74 Å². The number of ether oxygens (including phenoxy) is 1. The first kappa shape index (κ1) is 19.5. The zero-order chi connectivity index (χ0) is 18.3. The molecule has 1 N–H and O–H groups in total. The Morgan fingerprint density at radius 3 is 2.60 bits per heavy atom. The smallest absolute Gasteiger partial charge is 0.385 e. The molecule has 0 spiro atoms. The second-order valence-corrected chi connectivity index (χ2v) is 6.01. The molecule has 1 aromatic rings. The van der Waals surface area contributed by atoms with Crippen molar-refractivity contribution < 1.29 is 22.7 Å². The zero-order valence-electron chi connectivity index (χ0n) is 14.3. The van der Waals surface area contributed by atoms with Crippen molar-refractivity contribution in [2.45, 2.75) is 12.6 Å². The first-order chi connectivity index (χ1) is 11.9. The second-order valence-electron chi connectivity index (χ2n) is 6.01. The van der Waals surface area contributed by atoms with Crippen LogP contribution < -0.4 is 10.2 Å². The first-order valence-corrected chi connectivity index (χ1v) is 8.30. The third-order valence-corrected chi connectivity index (χ3v) is 4.13. The number of nitrogens with one attached hydrogen (secondary N) is 1. The van der Waals surface area contributed by atoms with Crippen molar-refractivity contribution >= 4 is 11.6 Å². The van der Waals surface area contributed by atoms with E-state index in [2.05, 4.69) is 5.32 Å². The van der Waals surface area contributed by atoms with E-state index < -0.39 is 11.7 Å². The maximum atomic E-state index is 12.8. The van der Waals surface area contributed by atoms with Crippen LogP contribution in [0.1, 0.15) is 12.0 Å². The van der Waals surface area contributed by atoms with Crippen molar-refractivity contribution in [1.82, 2.24) is 10.2 Å². The summed E-state index contributed by atoms with van der Waals surface area (Å²) in [6.07, 6.45) is -3.57. The molecule has 1 aromatic carbocycles. The van der Waals surface area contributed by atoms with Crippen molar-refractivity contribution in [3.8, 4) is 0 Å². The van der Waals surface area contributed by atoms with Crippen LogP contribution in [0.3, 0.4) is 0 Å². The Morgan fingerprint density at radius 2 is 1.96 bits per heavy atom. The fourth-order valence-corrected chi connectivity index (χ4v) is 2.75. The quantitative estimate of drug-likeness (QED) is 0.757. The predicted octanol–water partition coefficient (Wildman–Crippen LogP) is 1.98. The van der Waals surface area contributed by atoms with Gasteiger partial charge in [-0.1, -0.05) is 6.07 Å². The molecule has 1 fully saturated rings. The van der Waals surface area contributed by atoms with Crippen LogP contribution in [-0.4, -0.2) is 63.8 Å². The van der Waals surface area contributed by atoms with Crippen LogP contribution in [-0.2, 0) is 15.7 Å². The van der Waals surface area contributed by atoms with Gasteiger partial charge in [-0.2, -0.15) is 13.2 Å². The van der Waals surface area contributed by atoms with Crippen LogP contribution in [0, 0.1) is 0 Å². The molecule has 2 rings (SSSR count). The number of amides is 1. The Balaban J connectivity index is 1.79. The predicted molar refractivity (Wildman–Crippen MR) is 89.6 cm³/mol. The summed E-state index contributed by atoms with van der Waals surface area (Å²) in [5.41, 5.74) is -0.0682. The van der Waals surface area contributed by atoms with Crippen LogP contribution in [0.15, 0.2) is 24.3 Å². The number of alkyl halides is 3. The van der Waals surface area contributed by atoms with E-state index >= 15 is 0 Å². The number of benzene rings is 1. The van der Waals surface area contributed by atoms with Gasteiger partial charge in [0.15, 0.2) is 0 Å². The highest BCUT2D eigenvalue weighted by Gasteiger charge is 2.31. The van der Waals surface area contributed by atoms with Gasteiger partial charge in [0, 0.05) is 52.1 Å². The molecular formula is C17H24F3N3O2. The molecule has 25 heavy (non-hydrogen) atoms. The molecule has 1 amide bonds. The molecule has 0 atom stereocenters. The lowest BCUT2D eigenvalue weighted by molar-refractivity contribution is -0.137. The SMILES string of the molecule is COCCCNC(=O)CN1CCN(c2cccc(C(F)(F)F)c2)CC1. The number of halogens is 3. The van der Waals surface area contributed by atoms with Crippen molar-refractivity contribution in [2.24, 2.45) is 0 Å². The summed E-state index contributed by atoms with van der Waals surface area (Å²) in [7, 11) is 1.62. The number of anilines is 1. The van der Waals surface area contributed by atoms with Gasteiger partial charge in [-0.3, -0.25) is 9.69 Å². The molecule has 0 aromatic heterocycles. The molecule has 140 valence electrons. The molecule has 8 heteroatoms. The molecule has 5 nitrogen and oxygen atoms in total. The van der Waals surface area contributed by atoms with Crippen molar-refractivity contribution in [3.05, 3.63) is 29.8 Å². The molecule has 1 heterocycles. The maximum Gasteiger partial charge on any atom is 0.416 e. The van der Waals surface area contributed by atoms with Crippen molar-refractivity contribution in [1.29, 1.82) is 0 Å². The lowest BCUT2D eigenvalue weighted by Gasteiger charge is -2.36. The van der Waals surface area contributed by atoms with Gasteiger partial charge >= 0.3 is 6.18 Å². The molecule has 0 saturated carbocycles. The second kappa shape index (κ2) is 9.05. The Hall–Kier alpha value is -1.80. The van der Waals surface area contributed by atoms with E-state index in [1.54, 1.807) is 13.2 Å². The summed E-state index contributed by atoms with van der Waals surface area (Å²) in [4.78, 5) is 15.8. The highest BCUT2D eigenvalue weighted by molar-refractivity contribution is 5.78. The lowest BCUT2D eigenvalue weighted by atomic mass is 10.1. The van der Waals surface area contributed by atoms with Crippen LogP contribution in [0.25, 0.3) is 0 Å². The van der Waals surface area contributed by atoms with Gasteiger partial charge in [-0.15, -0.1) is 0 Å². The molecule has 1 saturated heterocycles. The largest absolute Gasteiger partial charge is 0.416 e. The van der Waals surface area contributed by atoms with E-state index in [0.29, 0.717) is 51.6 Å². The van der Waals surface area contributed by atoms with Crippen molar-refractivity contribution in [3.63, 3.8) is 0 Å². The number of methoxy groups -OCH3 is 1. The third-order valence-electron chi connectivity index (χ3n) is 4.13.